The molecule has 3 rings (SSSR count). The Labute approximate surface area is 135 Å². The van der Waals surface area contributed by atoms with Gasteiger partial charge in [-0.05, 0) is 57.1 Å². The van der Waals surface area contributed by atoms with Gasteiger partial charge in [-0.15, -0.1) is 0 Å². The summed E-state index contributed by atoms with van der Waals surface area (Å²) in [6, 6.07) is 7.67. The fourth-order valence-electron chi connectivity index (χ4n) is 2.76. The number of carbonyl (C=O) groups is 1. The van der Waals surface area contributed by atoms with Gasteiger partial charge in [-0.3, -0.25) is 4.79 Å². The van der Waals surface area contributed by atoms with E-state index in [2.05, 4.69) is 29.3 Å². The maximum Gasteiger partial charge on any atom is 0.272 e. The number of halogens is 1. The van der Waals surface area contributed by atoms with Crippen LogP contribution in [0.25, 0.3) is 5.69 Å². The molecule has 1 aromatic carbocycles. The molecule has 122 valence electrons. The summed E-state index contributed by atoms with van der Waals surface area (Å²) in [4.78, 5) is 14.7. The molecule has 0 spiro atoms. The number of likely N-dealkylation sites (tertiary alicyclic amines) is 1. The standard InChI is InChI=1S/C17H21FN4O/c1-17(8-11-21(2)12-9-17)19-16(23)15-7-10-22(20-15)14-5-3-13(18)4-6-14/h3-7,10H,8-9,11-12H2,1-2H3,(H,19,23). The van der Waals surface area contributed by atoms with Crippen molar-refractivity contribution in [3.8, 4) is 5.69 Å². The highest BCUT2D eigenvalue weighted by atomic mass is 19.1. The van der Waals surface area contributed by atoms with Gasteiger partial charge in [-0.2, -0.15) is 5.10 Å². The van der Waals surface area contributed by atoms with Crippen LogP contribution in [-0.2, 0) is 0 Å². The van der Waals surface area contributed by atoms with Crippen molar-refractivity contribution in [2.24, 2.45) is 0 Å². The SMILES string of the molecule is CN1CCC(C)(NC(=O)c2ccn(-c3ccc(F)cc3)n2)CC1. The van der Waals surface area contributed by atoms with Crippen LogP contribution in [-0.4, -0.2) is 46.3 Å². The molecule has 0 atom stereocenters. The molecule has 1 fully saturated rings. The summed E-state index contributed by atoms with van der Waals surface area (Å²) >= 11 is 0. The summed E-state index contributed by atoms with van der Waals surface area (Å²) < 4.78 is 14.5. The Morgan fingerprint density at radius 3 is 2.52 bits per heavy atom. The zero-order chi connectivity index (χ0) is 16.4. The van der Waals surface area contributed by atoms with E-state index >= 15 is 0 Å². The fourth-order valence-corrected chi connectivity index (χ4v) is 2.76. The van der Waals surface area contributed by atoms with E-state index in [1.165, 1.54) is 12.1 Å². The van der Waals surface area contributed by atoms with Gasteiger partial charge >= 0.3 is 0 Å². The molecule has 0 radical (unpaired) electrons. The molecule has 2 heterocycles. The van der Waals surface area contributed by atoms with Gasteiger partial charge in [0, 0.05) is 24.8 Å². The smallest absolute Gasteiger partial charge is 0.272 e. The molecule has 0 bridgehead atoms. The molecule has 1 aliphatic rings. The average Bonchev–Trinajstić information content (AvgIpc) is 3.01. The number of piperidine rings is 1. The van der Waals surface area contributed by atoms with Crippen molar-refractivity contribution in [3.05, 3.63) is 48.0 Å². The maximum absolute atomic E-state index is 13.0. The van der Waals surface area contributed by atoms with E-state index in [0.29, 0.717) is 5.69 Å². The summed E-state index contributed by atoms with van der Waals surface area (Å²) in [5.41, 5.74) is 0.897. The summed E-state index contributed by atoms with van der Waals surface area (Å²) in [5, 5.41) is 7.40. The lowest BCUT2D eigenvalue weighted by Crippen LogP contribution is -2.52. The number of benzene rings is 1. The van der Waals surface area contributed by atoms with Gasteiger partial charge < -0.3 is 10.2 Å². The van der Waals surface area contributed by atoms with Crippen LogP contribution in [0.5, 0.6) is 0 Å². The van der Waals surface area contributed by atoms with E-state index in [4.69, 9.17) is 0 Å². The second-order valence-corrected chi connectivity index (χ2v) is 6.44. The van der Waals surface area contributed by atoms with E-state index in [9.17, 15) is 9.18 Å². The zero-order valence-electron chi connectivity index (χ0n) is 13.4. The quantitative estimate of drug-likeness (QED) is 0.945. The summed E-state index contributed by atoms with van der Waals surface area (Å²) in [6.07, 6.45) is 3.56. The lowest BCUT2D eigenvalue weighted by Gasteiger charge is -2.38. The molecular weight excluding hydrogens is 295 g/mol. The fraction of sp³-hybridized carbons (Fsp3) is 0.412. The first kappa shape index (κ1) is 15.7. The minimum atomic E-state index is -0.297. The first-order valence-corrected chi connectivity index (χ1v) is 7.78. The third kappa shape index (κ3) is 3.59. The maximum atomic E-state index is 13.0. The van der Waals surface area contributed by atoms with E-state index in [-0.39, 0.29) is 17.3 Å². The minimum absolute atomic E-state index is 0.169. The molecule has 1 aliphatic heterocycles. The number of hydrogen-bond donors (Lipinski definition) is 1. The number of rotatable bonds is 3. The Morgan fingerprint density at radius 1 is 1.22 bits per heavy atom. The predicted molar refractivity (Wildman–Crippen MR) is 86.1 cm³/mol. The van der Waals surface area contributed by atoms with Crippen LogP contribution in [0.2, 0.25) is 0 Å². The van der Waals surface area contributed by atoms with Gasteiger partial charge in [-0.25, -0.2) is 9.07 Å². The van der Waals surface area contributed by atoms with E-state index in [1.54, 1.807) is 29.1 Å². The van der Waals surface area contributed by atoms with Crippen LogP contribution in [0, 0.1) is 5.82 Å². The molecule has 1 amide bonds. The first-order chi connectivity index (χ1) is 11.0. The molecular formula is C17H21FN4O. The lowest BCUT2D eigenvalue weighted by molar-refractivity contribution is 0.0846. The Bertz CT molecular complexity index is 687. The normalized spacial score (nSPS) is 17.9. The van der Waals surface area contributed by atoms with Crippen LogP contribution >= 0.6 is 0 Å². The van der Waals surface area contributed by atoms with Crippen molar-refractivity contribution < 1.29 is 9.18 Å². The largest absolute Gasteiger partial charge is 0.345 e. The van der Waals surface area contributed by atoms with Crippen molar-refractivity contribution in [2.45, 2.75) is 25.3 Å². The third-order valence-corrected chi connectivity index (χ3v) is 4.42. The van der Waals surface area contributed by atoms with Gasteiger partial charge in [0.15, 0.2) is 5.69 Å². The number of aromatic nitrogens is 2. The molecule has 23 heavy (non-hydrogen) atoms. The number of carbonyl (C=O) groups excluding carboxylic acids is 1. The Kier molecular flexibility index (Phi) is 4.17. The summed E-state index contributed by atoms with van der Waals surface area (Å²) in [6.45, 7) is 4.02. The van der Waals surface area contributed by atoms with Crippen molar-refractivity contribution in [1.29, 1.82) is 0 Å². The molecule has 1 aromatic heterocycles. The molecule has 1 N–H and O–H groups in total. The highest BCUT2D eigenvalue weighted by Gasteiger charge is 2.31. The van der Waals surface area contributed by atoms with Gasteiger partial charge in [0.25, 0.3) is 5.91 Å². The topological polar surface area (TPSA) is 50.2 Å². The molecule has 1 saturated heterocycles. The van der Waals surface area contributed by atoms with Crippen LogP contribution in [0.15, 0.2) is 36.5 Å². The van der Waals surface area contributed by atoms with Crippen LogP contribution in [0.3, 0.4) is 0 Å². The highest BCUT2D eigenvalue weighted by molar-refractivity contribution is 5.92. The second kappa shape index (κ2) is 6.12. The van der Waals surface area contributed by atoms with E-state index in [1.807, 2.05) is 0 Å². The van der Waals surface area contributed by atoms with Gasteiger partial charge in [0.2, 0.25) is 0 Å². The number of nitrogens with one attached hydrogen (secondary N) is 1. The average molecular weight is 316 g/mol. The van der Waals surface area contributed by atoms with Crippen LogP contribution < -0.4 is 5.32 Å². The Balaban J connectivity index is 1.70. The van der Waals surface area contributed by atoms with Crippen molar-refractivity contribution in [2.75, 3.05) is 20.1 Å². The van der Waals surface area contributed by atoms with Gasteiger partial charge in [-0.1, -0.05) is 0 Å². The lowest BCUT2D eigenvalue weighted by atomic mass is 9.89. The Hall–Kier alpha value is -2.21. The molecule has 0 aliphatic carbocycles. The minimum Gasteiger partial charge on any atom is -0.345 e. The Morgan fingerprint density at radius 2 is 1.87 bits per heavy atom. The number of nitrogens with zero attached hydrogens (tertiary/aromatic N) is 3. The van der Waals surface area contributed by atoms with Crippen LogP contribution in [0.1, 0.15) is 30.3 Å². The second-order valence-electron chi connectivity index (χ2n) is 6.44. The first-order valence-electron chi connectivity index (χ1n) is 7.78. The summed E-state index contributed by atoms with van der Waals surface area (Å²) in [7, 11) is 2.09. The third-order valence-electron chi connectivity index (χ3n) is 4.42. The molecule has 2 aromatic rings. The van der Waals surface area contributed by atoms with Gasteiger partial charge in [0.05, 0.1) is 5.69 Å². The predicted octanol–water partition coefficient (Wildman–Crippen LogP) is 2.23. The highest BCUT2D eigenvalue weighted by Crippen LogP contribution is 2.21. The zero-order valence-corrected chi connectivity index (χ0v) is 13.4. The molecule has 0 saturated carbocycles. The monoisotopic (exact) mass is 316 g/mol. The van der Waals surface area contributed by atoms with Crippen molar-refractivity contribution in [1.82, 2.24) is 20.0 Å². The number of amides is 1. The molecule has 6 heteroatoms. The van der Waals surface area contributed by atoms with Gasteiger partial charge in [0.1, 0.15) is 5.82 Å². The van der Waals surface area contributed by atoms with Crippen LogP contribution in [0.4, 0.5) is 4.39 Å². The van der Waals surface area contributed by atoms with Crippen molar-refractivity contribution >= 4 is 5.91 Å². The summed E-state index contributed by atoms with van der Waals surface area (Å²) in [5.74, 6) is -0.466. The molecule has 0 unspecified atom stereocenters. The van der Waals surface area contributed by atoms with Crippen molar-refractivity contribution in [3.63, 3.8) is 0 Å². The number of hydrogen-bond acceptors (Lipinski definition) is 3. The molecule has 5 nitrogen and oxygen atoms in total. The van der Waals surface area contributed by atoms with E-state index < -0.39 is 0 Å². The van der Waals surface area contributed by atoms with E-state index in [0.717, 1.165) is 31.6 Å².